The highest BCUT2D eigenvalue weighted by Crippen LogP contribution is 2.44. The zero-order valence-electron chi connectivity index (χ0n) is 26.8. The van der Waals surface area contributed by atoms with E-state index < -0.39 is 23.2 Å². The molecule has 1 fully saturated rings. The number of aliphatic imine (C=N–C) groups is 1. The lowest BCUT2D eigenvalue weighted by Gasteiger charge is -2.32. The molecule has 248 valence electrons. The summed E-state index contributed by atoms with van der Waals surface area (Å²) in [5, 5.41) is 15.9. The minimum atomic E-state index is -1.54. The maximum absolute atomic E-state index is 14.4. The summed E-state index contributed by atoms with van der Waals surface area (Å²) in [6.45, 7) is 9.66. The molecule has 46 heavy (non-hydrogen) atoms. The first-order chi connectivity index (χ1) is 22.1. The summed E-state index contributed by atoms with van der Waals surface area (Å²) in [7, 11) is 0. The molecule has 2 aliphatic heterocycles. The molecule has 4 rings (SSSR count). The summed E-state index contributed by atoms with van der Waals surface area (Å²) < 4.78 is 23.3. The molecule has 13 heteroatoms. The molecule has 0 spiro atoms. The number of nitrogens with zero attached hydrogens (tertiary/aromatic N) is 5. The molecule has 0 radical (unpaired) electrons. The first-order valence-corrected chi connectivity index (χ1v) is 15.6. The monoisotopic (exact) mass is 636 g/mol. The maximum atomic E-state index is 14.4. The lowest BCUT2D eigenvalue weighted by atomic mass is 9.81. The number of benzene rings is 2. The van der Waals surface area contributed by atoms with Crippen LogP contribution in [0.1, 0.15) is 62.8 Å². The Morgan fingerprint density at radius 2 is 1.91 bits per heavy atom. The molecule has 1 amide bonds. The van der Waals surface area contributed by atoms with Gasteiger partial charge in [0.05, 0.1) is 26.4 Å². The van der Waals surface area contributed by atoms with Crippen LogP contribution in [0.25, 0.3) is 10.4 Å². The predicted octanol–water partition coefficient (Wildman–Crippen LogP) is 4.09. The highest BCUT2D eigenvalue weighted by molar-refractivity contribution is 6.01. The van der Waals surface area contributed by atoms with Gasteiger partial charge >= 0.3 is 5.97 Å². The third-order valence-electron chi connectivity index (χ3n) is 7.62. The molecule has 1 saturated heterocycles. The van der Waals surface area contributed by atoms with Gasteiger partial charge in [-0.15, -0.1) is 0 Å². The molecule has 0 aromatic heterocycles. The van der Waals surface area contributed by atoms with Gasteiger partial charge in [-0.1, -0.05) is 29.4 Å². The van der Waals surface area contributed by atoms with Crippen molar-refractivity contribution in [2.45, 2.75) is 63.8 Å². The van der Waals surface area contributed by atoms with Crippen LogP contribution in [-0.4, -0.2) is 91.5 Å². The molecule has 0 unspecified atom stereocenters. The minimum Gasteiger partial charge on any atom is -0.494 e. The zero-order valence-corrected chi connectivity index (χ0v) is 26.8. The number of amides is 1. The Morgan fingerprint density at radius 1 is 1.17 bits per heavy atom. The predicted molar refractivity (Wildman–Crippen MR) is 171 cm³/mol. The maximum Gasteiger partial charge on any atom is 0.306 e. The van der Waals surface area contributed by atoms with Gasteiger partial charge in [0.15, 0.2) is 11.6 Å². The van der Waals surface area contributed by atoms with Crippen LogP contribution in [0, 0.1) is 0 Å². The van der Waals surface area contributed by atoms with Gasteiger partial charge in [-0.05, 0) is 68.1 Å². The number of esters is 1. The summed E-state index contributed by atoms with van der Waals surface area (Å²) in [5.74, 6) is 0.0103. The van der Waals surface area contributed by atoms with Crippen molar-refractivity contribution in [3.63, 3.8) is 0 Å². The number of azide groups is 1. The van der Waals surface area contributed by atoms with Gasteiger partial charge in [-0.2, -0.15) is 0 Å². The van der Waals surface area contributed by atoms with E-state index in [1.807, 2.05) is 24.3 Å². The fourth-order valence-corrected chi connectivity index (χ4v) is 5.38. The lowest BCUT2D eigenvalue weighted by molar-refractivity contribution is -0.155. The zero-order chi connectivity index (χ0) is 33.0. The van der Waals surface area contributed by atoms with Gasteiger partial charge in [0.25, 0.3) is 5.91 Å². The minimum absolute atomic E-state index is 0.0116. The van der Waals surface area contributed by atoms with E-state index in [1.165, 1.54) is 0 Å². The lowest BCUT2D eigenvalue weighted by Crippen LogP contribution is -2.51. The Kier molecular flexibility index (Phi) is 12.4. The molecule has 0 aliphatic carbocycles. The average Bonchev–Trinajstić information content (AvgIpc) is 3.44. The normalized spacial score (nSPS) is 19.8. The van der Waals surface area contributed by atoms with Crippen LogP contribution in [0.3, 0.4) is 0 Å². The van der Waals surface area contributed by atoms with E-state index in [0.29, 0.717) is 61.8 Å². The Hall–Kier alpha value is -4.16. The highest BCUT2D eigenvalue weighted by Gasteiger charge is 2.53. The molecule has 2 aliphatic rings. The quantitative estimate of drug-likeness (QED) is 0.0969. The number of nitrogens with one attached hydrogen (secondary N) is 1. The van der Waals surface area contributed by atoms with Crippen molar-refractivity contribution in [1.29, 1.82) is 0 Å². The number of hydrogen-bond acceptors (Lipinski definition) is 10. The number of carbonyl (C=O) groups is 2. The van der Waals surface area contributed by atoms with Crippen LogP contribution in [0.15, 0.2) is 58.6 Å². The molecule has 2 aromatic carbocycles. The summed E-state index contributed by atoms with van der Waals surface area (Å²) in [5.41, 5.74) is 8.74. The van der Waals surface area contributed by atoms with E-state index in [-0.39, 0.29) is 37.8 Å². The van der Waals surface area contributed by atoms with Crippen molar-refractivity contribution in [2.75, 3.05) is 52.6 Å². The fraction of sp³-hybridized carbons (Fsp3) is 0.545. The van der Waals surface area contributed by atoms with Crippen LogP contribution < -0.4 is 10.1 Å². The number of rotatable bonds is 15. The Labute approximate surface area is 269 Å². The second-order valence-electron chi connectivity index (χ2n) is 12.2. The molecule has 2 atom stereocenters. The third-order valence-corrected chi connectivity index (χ3v) is 7.62. The Balaban J connectivity index is 1.72. The van der Waals surface area contributed by atoms with E-state index in [1.54, 1.807) is 45.0 Å². The van der Waals surface area contributed by atoms with E-state index in [0.717, 1.165) is 13.1 Å². The van der Waals surface area contributed by atoms with Crippen molar-refractivity contribution >= 4 is 17.8 Å². The van der Waals surface area contributed by atoms with Crippen LogP contribution >= 0.6 is 0 Å². The smallest absolute Gasteiger partial charge is 0.306 e. The van der Waals surface area contributed by atoms with E-state index >= 15 is 0 Å². The first kappa shape index (κ1) is 34.7. The second-order valence-corrected chi connectivity index (χ2v) is 12.2. The first-order valence-electron chi connectivity index (χ1n) is 15.6. The highest BCUT2D eigenvalue weighted by atomic mass is 16.6. The number of hydrogen-bond donors (Lipinski definition) is 2. The average molecular weight is 637 g/mol. The topological polar surface area (TPSA) is 168 Å². The second kappa shape index (κ2) is 16.4. The molecule has 2 N–H and O–H groups in total. The van der Waals surface area contributed by atoms with Crippen molar-refractivity contribution in [2.24, 2.45) is 10.1 Å². The molecular formula is C33H44N6O7. The van der Waals surface area contributed by atoms with E-state index in [4.69, 9.17) is 34.6 Å². The number of aliphatic hydroxyl groups excluding tert-OH is 1. The Morgan fingerprint density at radius 3 is 2.61 bits per heavy atom. The van der Waals surface area contributed by atoms with Gasteiger partial charge in [0.1, 0.15) is 11.4 Å². The molecule has 2 heterocycles. The van der Waals surface area contributed by atoms with Crippen LogP contribution in [-0.2, 0) is 30.3 Å². The van der Waals surface area contributed by atoms with Crippen molar-refractivity contribution in [3.8, 4) is 5.75 Å². The van der Waals surface area contributed by atoms with Crippen LogP contribution in [0.4, 0.5) is 0 Å². The number of morpholine rings is 1. The Bertz CT molecular complexity index is 1400. The van der Waals surface area contributed by atoms with Gasteiger partial charge in [0, 0.05) is 56.1 Å². The summed E-state index contributed by atoms with van der Waals surface area (Å²) in [4.78, 5) is 37.5. The fourth-order valence-electron chi connectivity index (χ4n) is 5.38. The largest absolute Gasteiger partial charge is 0.494 e. The SMILES string of the molecule is CC(C)(C)OC(=O)CC[C@@]1(C(=O)NCCN2CCOCC2)N=C(c2ccc(OCCCO)cc2)O[C@@H]1c1ccccc1CN=[N+]=[N-]. The van der Waals surface area contributed by atoms with E-state index in [9.17, 15) is 9.59 Å². The van der Waals surface area contributed by atoms with Crippen molar-refractivity contribution in [1.82, 2.24) is 10.2 Å². The van der Waals surface area contributed by atoms with E-state index in [2.05, 4.69) is 20.2 Å². The van der Waals surface area contributed by atoms with Crippen molar-refractivity contribution in [3.05, 3.63) is 75.7 Å². The van der Waals surface area contributed by atoms with Crippen LogP contribution in [0.5, 0.6) is 5.75 Å². The molecule has 0 bridgehead atoms. The summed E-state index contributed by atoms with van der Waals surface area (Å²) in [6, 6.07) is 14.4. The van der Waals surface area contributed by atoms with Gasteiger partial charge in [-0.25, -0.2) is 4.99 Å². The van der Waals surface area contributed by atoms with Crippen molar-refractivity contribution < 1.29 is 33.6 Å². The number of ether oxygens (including phenoxy) is 4. The molecule has 2 aromatic rings. The molecule has 0 saturated carbocycles. The summed E-state index contributed by atoms with van der Waals surface area (Å²) >= 11 is 0. The standard InChI is InChI=1S/C33H44N6O7/c1-32(2,3)46-28(41)13-14-33(31(42)35-15-16-39-17-21-43-22-18-39)29(27-8-5-4-7-25(27)23-36-38-34)45-30(37-33)24-9-11-26(12-10-24)44-20-6-19-40/h4-5,7-12,29,40H,6,13-23H2,1-3H3,(H,35,42)/t29-,33-/m1/s1. The van der Waals surface area contributed by atoms with Gasteiger partial charge < -0.3 is 29.4 Å². The van der Waals surface area contributed by atoms with Gasteiger partial charge in [-0.3, -0.25) is 14.5 Å². The number of aliphatic hydroxyl groups is 1. The summed E-state index contributed by atoms with van der Waals surface area (Å²) in [6.07, 6.45) is -0.493. The van der Waals surface area contributed by atoms with Gasteiger partial charge in [0.2, 0.25) is 5.90 Å². The molecule has 13 nitrogen and oxygen atoms in total. The number of carbonyl (C=O) groups excluding carboxylic acids is 2. The molecular weight excluding hydrogens is 592 g/mol. The third kappa shape index (κ3) is 9.43. The van der Waals surface area contributed by atoms with Crippen LogP contribution in [0.2, 0.25) is 0 Å².